The first-order valence-corrected chi connectivity index (χ1v) is 8.67. The molecule has 1 aliphatic heterocycles. The van der Waals surface area contributed by atoms with Gasteiger partial charge >= 0.3 is 5.97 Å². The Morgan fingerprint density at radius 3 is 2.42 bits per heavy atom. The molecule has 1 unspecified atom stereocenters. The highest BCUT2D eigenvalue weighted by atomic mass is 32.2. The van der Waals surface area contributed by atoms with Crippen LogP contribution < -0.4 is 4.72 Å². The van der Waals surface area contributed by atoms with Gasteiger partial charge < -0.3 is 9.47 Å². The Balaban J connectivity index is 2.46. The zero-order valence-electron chi connectivity index (χ0n) is 13.3. The lowest BCUT2D eigenvalue weighted by Crippen LogP contribution is -2.32. The van der Waals surface area contributed by atoms with Crippen molar-refractivity contribution < 1.29 is 31.9 Å². The molecule has 7 nitrogen and oxygen atoms in total. The van der Waals surface area contributed by atoms with Gasteiger partial charge in [-0.2, -0.15) is 0 Å². The number of hydrogen-bond donors (Lipinski definition) is 1. The number of ketones is 1. The van der Waals surface area contributed by atoms with E-state index >= 15 is 0 Å². The Morgan fingerprint density at radius 1 is 1.33 bits per heavy atom. The Labute approximate surface area is 138 Å². The number of carbonyl (C=O) groups is 2. The average Bonchev–Trinajstić information content (AvgIpc) is 2.72. The minimum Gasteiger partial charge on any atom is -0.456 e. The van der Waals surface area contributed by atoms with Gasteiger partial charge in [0.1, 0.15) is 5.82 Å². The number of nitrogens with one attached hydrogen (secondary N) is 1. The smallest absolute Gasteiger partial charge is 0.308 e. The molecule has 0 spiro atoms. The van der Waals surface area contributed by atoms with Gasteiger partial charge in [-0.05, 0) is 26.0 Å². The molecule has 0 aromatic heterocycles. The Morgan fingerprint density at radius 2 is 1.92 bits per heavy atom. The largest absolute Gasteiger partial charge is 0.456 e. The third-order valence-electron chi connectivity index (χ3n) is 3.42. The molecule has 1 heterocycles. The monoisotopic (exact) mass is 357 g/mol. The molecule has 0 fully saturated rings. The van der Waals surface area contributed by atoms with E-state index in [1.807, 2.05) is 0 Å². The Hall–Kier alpha value is -2.42. The summed E-state index contributed by atoms with van der Waals surface area (Å²) in [4.78, 5) is 23.9. The average molecular weight is 357 g/mol. The summed E-state index contributed by atoms with van der Waals surface area (Å²) in [6.07, 6.45) is 0. The van der Waals surface area contributed by atoms with Crippen LogP contribution >= 0.6 is 0 Å². The van der Waals surface area contributed by atoms with Crippen molar-refractivity contribution in [3.63, 3.8) is 0 Å². The van der Waals surface area contributed by atoms with E-state index in [0.717, 1.165) is 19.1 Å². The van der Waals surface area contributed by atoms with Gasteiger partial charge in [-0.15, -0.1) is 0 Å². The molecule has 0 saturated carbocycles. The van der Waals surface area contributed by atoms with E-state index < -0.39 is 44.8 Å². The lowest BCUT2D eigenvalue weighted by Gasteiger charge is -2.23. The lowest BCUT2D eigenvalue weighted by molar-refractivity contribution is -0.142. The van der Waals surface area contributed by atoms with Crippen molar-refractivity contribution in [2.75, 3.05) is 5.75 Å². The van der Waals surface area contributed by atoms with Crippen LogP contribution in [0.4, 0.5) is 4.39 Å². The second kappa shape index (κ2) is 6.23. The second-order valence-electron chi connectivity index (χ2n) is 5.23. The minimum absolute atomic E-state index is 0.269. The van der Waals surface area contributed by atoms with Gasteiger partial charge in [0.2, 0.25) is 21.7 Å². The number of sulfonamides is 1. The van der Waals surface area contributed by atoms with Crippen molar-refractivity contribution in [2.45, 2.75) is 26.4 Å². The van der Waals surface area contributed by atoms with Crippen molar-refractivity contribution in [1.29, 1.82) is 0 Å². The van der Waals surface area contributed by atoms with Crippen LogP contribution in [0, 0.1) is 5.82 Å². The summed E-state index contributed by atoms with van der Waals surface area (Å²) in [6.45, 7) is 3.84. The summed E-state index contributed by atoms with van der Waals surface area (Å²) < 4.78 is 49.0. The molecule has 1 aromatic rings. The highest BCUT2D eigenvalue weighted by Crippen LogP contribution is 2.38. The molecule has 1 aliphatic rings. The predicted molar refractivity (Wildman–Crippen MR) is 81.2 cm³/mol. The summed E-state index contributed by atoms with van der Waals surface area (Å²) in [5.74, 6) is -3.34. The molecule has 1 N–H and O–H groups in total. The number of halogens is 1. The van der Waals surface area contributed by atoms with Crippen LogP contribution in [0.1, 0.15) is 26.3 Å². The number of Topliss-reactive ketones (excluding diaryl/α,β-unsaturated/α-hetero) is 1. The van der Waals surface area contributed by atoms with E-state index in [1.54, 1.807) is 0 Å². The highest BCUT2D eigenvalue weighted by Gasteiger charge is 2.50. The molecular weight excluding hydrogens is 341 g/mol. The SMILES string of the molecule is CCS(=O)(=O)NC1=C(OC(C)=O)C(=O)C(C)(c2ccc(F)cc2)O1. The molecule has 1 aromatic carbocycles. The molecular formula is C15H16FNO6S. The molecule has 0 amide bonds. The van der Waals surface area contributed by atoms with E-state index in [-0.39, 0.29) is 11.3 Å². The topological polar surface area (TPSA) is 98.8 Å². The van der Waals surface area contributed by atoms with E-state index in [2.05, 4.69) is 4.72 Å². The fraction of sp³-hybridized carbons (Fsp3) is 0.333. The number of hydrogen-bond acceptors (Lipinski definition) is 6. The number of rotatable bonds is 5. The van der Waals surface area contributed by atoms with Gasteiger partial charge in [0.05, 0.1) is 5.75 Å². The van der Waals surface area contributed by atoms with Crippen LogP contribution in [0.25, 0.3) is 0 Å². The van der Waals surface area contributed by atoms with Crippen LogP contribution in [-0.4, -0.2) is 25.9 Å². The number of benzene rings is 1. The third kappa shape index (κ3) is 3.40. The second-order valence-corrected chi connectivity index (χ2v) is 7.24. The molecule has 2 rings (SSSR count). The molecule has 0 radical (unpaired) electrons. The van der Waals surface area contributed by atoms with Crippen molar-refractivity contribution in [3.8, 4) is 0 Å². The van der Waals surface area contributed by atoms with Crippen molar-refractivity contribution in [1.82, 2.24) is 4.72 Å². The highest BCUT2D eigenvalue weighted by molar-refractivity contribution is 7.89. The first-order valence-electron chi connectivity index (χ1n) is 7.02. The molecule has 0 saturated heterocycles. The van der Waals surface area contributed by atoms with Crippen molar-refractivity contribution in [2.24, 2.45) is 0 Å². The normalized spacial score (nSPS) is 20.8. The van der Waals surface area contributed by atoms with Gasteiger partial charge in [0, 0.05) is 12.5 Å². The maximum absolute atomic E-state index is 13.1. The molecule has 130 valence electrons. The number of ether oxygens (including phenoxy) is 2. The minimum atomic E-state index is -3.77. The number of esters is 1. The van der Waals surface area contributed by atoms with Crippen LogP contribution in [0.5, 0.6) is 0 Å². The van der Waals surface area contributed by atoms with Gasteiger partial charge in [-0.25, -0.2) is 12.8 Å². The van der Waals surface area contributed by atoms with Crippen LogP contribution in [-0.2, 0) is 34.7 Å². The summed E-state index contributed by atoms with van der Waals surface area (Å²) in [5, 5.41) is 0. The third-order valence-corrected chi connectivity index (χ3v) is 4.68. The maximum Gasteiger partial charge on any atom is 0.308 e. The summed E-state index contributed by atoms with van der Waals surface area (Å²) in [5.41, 5.74) is -1.37. The van der Waals surface area contributed by atoms with Crippen LogP contribution in [0.15, 0.2) is 35.9 Å². The first kappa shape index (κ1) is 17.9. The van der Waals surface area contributed by atoms with E-state index in [1.165, 1.54) is 26.0 Å². The van der Waals surface area contributed by atoms with Crippen LogP contribution in [0.3, 0.4) is 0 Å². The van der Waals surface area contributed by atoms with Gasteiger partial charge in [-0.3, -0.25) is 14.3 Å². The quantitative estimate of drug-likeness (QED) is 0.798. The molecule has 9 heteroatoms. The van der Waals surface area contributed by atoms with Crippen LogP contribution in [0.2, 0.25) is 0 Å². The zero-order valence-corrected chi connectivity index (χ0v) is 14.1. The fourth-order valence-electron chi connectivity index (χ4n) is 2.09. The molecule has 0 bridgehead atoms. The fourth-order valence-corrected chi connectivity index (χ4v) is 2.65. The lowest BCUT2D eigenvalue weighted by atomic mass is 9.91. The Kier molecular flexibility index (Phi) is 4.66. The van der Waals surface area contributed by atoms with Crippen molar-refractivity contribution >= 4 is 21.8 Å². The molecule has 24 heavy (non-hydrogen) atoms. The Bertz CT molecular complexity index is 815. The predicted octanol–water partition coefficient (Wildman–Crippen LogP) is 1.31. The van der Waals surface area contributed by atoms with Gasteiger partial charge in [-0.1, -0.05) is 12.1 Å². The van der Waals surface area contributed by atoms with E-state index in [9.17, 15) is 22.4 Å². The summed E-state index contributed by atoms with van der Waals surface area (Å²) >= 11 is 0. The summed E-state index contributed by atoms with van der Waals surface area (Å²) in [7, 11) is -3.77. The standard InChI is InChI=1S/C15H16FNO6S/c1-4-24(20,21)17-14-12(22-9(2)18)13(19)15(3,23-14)10-5-7-11(16)8-6-10/h5-8,17H,4H2,1-3H3. The van der Waals surface area contributed by atoms with Crippen molar-refractivity contribution in [3.05, 3.63) is 47.3 Å². The molecule has 0 aliphatic carbocycles. The maximum atomic E-state index is 13.1. The number of carbonyl (C=O) groups excluding carboxylic acids is 2. The van der Waals surface area contributed by atoms with Gasteiger partial charge in [0.25, 0.3) is 5.78 Å². The molecule has 1 atom stereocenters. The van der Waals surface area contributed by atoms with E-state index in [0.29, 0.717) is 0 Å². The van der Waals surface area contributed by atoms with Gasteiger partial charge in [0.15, 0.2) is 5.60 Å². The van der Waals surface area contributed by atoms with E-state index in [4.69, 9.17) is 9.47 Å². The summed E-state index contributed by atoms with van der Waals surface area (Å²) in [6, 6.07) is 4.93. The first-order chi connectivity index (χ1) is 11.1. The zero-order chi connectivity index (χ0) is 18.1.